The highest BCUT2D eigenvalue weighted by atomic mass is 16.2. The maximum Gasteiger partial charge on any atom is 0.332 e. The third-order valence-electron chi connectivity index (χ3n) is 6.78. The smallest absolute Gasteiger partial charge is 0.332 e. The number of unbranched alkanes of at least 4 members (excludes halogenated alkanes) is 1. The summed E-state index contributed by atoms with van der Waals surface area (Å²) in [4.78, 5) is 45.5. The van der Waals surface area contributed by atoms with Gasteiger partial charge in [-0.05, 0) is 31.9 Å². The minimum Gasteiger partial charge on any atom is -0.342 e. The van der Waals surface area contributed by atoms with E-state index in [2.05, 4.69) is 24.7 Å². The summed E-state index contributed by atoms with van der Waals surface area (Å²) in [5, 5.41) is 0. The summed E-state index contributed by atoms with van der Waals surface area (Å²) in [6.45, 7) is 7.60. The highest BCUT2D eigenvalue weighted by molar-refractivity contribution is 5.74. The maximum atomic E-state index is 12.7. The molecule has 5 heterocycles. The highest BCUT2D eigenvalue weighted by Gasteiger charge is 2.25. The van der Waals surface area contributed by atoms with E-state index in [1.54, 1.807) is 19.4 Å². The van der Waals surface area contributed by atoms with Crippen molar-refractivity contribution in [2.45, 2.75) is 25.8 Å². The molecular formula is C22H31N9O2. The predicted molar refractivity (Wildman–Crippen MR) is 127 cm³/mol. The van der Waals surface area contributed by atoms with Gasteiger partial charge in [0.05, 0.1) is 0 Å². The first-order chi connectivity index (χ1) is 16.0. The van der Waals surface area contributed by atoms with Crippen LogP contribution in [-0.2, 0) is 20.6 Å². The van der Waals surface area contributed by atoms with E-state index in [-0.39, 0.29) is 11.2 Å². The Balaban J connectivity index is 1.18. The van der Waals surface area contributed by atoms with Crippen LogP contribution in [0.15, 0.2) is 28.0 Å². The molecule has 0 aromatic carbocycles. The van der Waals surface area contributed by atoms with Crippen molar-refractivity contribution in [3.8, 4) is 0 Å². The highest BCUT2D eigenvalue weighted by Crippen LogP contribution is 2.24. The van der Waals surface area contributed by atoms with Crippen molar-refractivity contribution in [3.63, 3.8) is 0 Å². The van der Waals surface area contributed by atoms with Gasteiger partial charge in [-0.25, -0.2) is 14.8 Å². The van der Waals surface area contributed by atoms with Crippen LogP contribution in [0.25, 0.3) is 11.2 Å². The summed E-state index contributed by atoms with van der Waals surface area (Å²) in [7, 11) is 3.20. The molecule has 5 rings (SSSR count). The fourth-order valence-electron chi connectivity index (χ4n) is 4.88. The van der Waals surface area contributed by atoms with Gasteiger partial charge in [-0.2, -0.15) is 4.98 Å². The second-order valence-electron chi connectivity index (χ2n) is 8.87. The standard InChI is InChI=1S/C22H31N9O2/c1-26-18-17(19(32)27(2)22(26)33)31-12-6-11-30(21(31)25-18)10-4-3-9-28-13-15-29(16-14-28)20-23-7-5-8-24-20/h5,7-8H,3-4,6,9-16H2,1-2H3. The van der Waals surface area contributed by atoms with Gasteiger partial charge < -0.3 is 14.4 Å². The van der Waals surface area contributed by atoms with Crippen molar-refractivity contribution in [1.82, 2.24) is 33.6 Å². The predicted octanol–water partition coefficient (Wildman–Crippen LogP) is 0.0362. The Kier molecular flexibility index (Phi) is 5.88. The number of aromatic nitrogens is 6. The number of imidazole rings is 1. The first-order valence-corrected chi connectivity index (χ1v) is 11.7. The molecule has 0 radical (unpaired) electrons. The van der Waals surface area contributed by atoms with E-state index in [0.717, 1.165) is 83.5 Å². The Labute approximate surface area is 191 Å². The molecule has 1 saturated heterocycles. The minimum atomic E-state index is -0.339. The van der Waals surface area contributed by atoms with E-state index >= 15 is 0 Å². The summed E-state index contributed by atoms with van der Waals surface area (Å²) in [6.07, 6.45) is 6.72. The quantitative estimate of drug-likeness (QED) is 0.483. The lowest BCUT2D eigenvalue weighted by molar-refractivity contribution is 0.252. The van der Waals surface area contributed by atoms with Crippen LogP contribution in [0.5, 0.6) is 0 Å². The second kappa shape index (κ2) is 8.97. The molecule has 11 heteroatoms. The lowest BCUT2D eigenvalue weighted by atomic mass is 10.2. The average Bonchev–Trinajstić information content (AvgIpc) is 3.25. The lowest BCUT2D eigenvalue weighted by Crippen LogP contribution is -2.47. The average molecular weight is 454 g/mol. The fraction of sp³-hybridized carbons (Fsp3) is 0.591. The molecule has 2 aliphatic rings. The van der Waals surface area contributed by atoms with Crippen LogP contribution < -0.4 is 21.0 Å². The molecule has 1 fully saturated rings. The van der Waals surface area contributed by atoms with Gasteiger partial charge in [0.1, 0.15) is 0 Å². The number of piperazine rings is 1. The van der Waals surface area contributed by atoms with Crippen molar-refractivity contribution in [1.29, 1.82) is 0 Å². The molecule has 3 aromatic heterocycles. The summed E-state index contributed by atoms with van der Waals surface area (Å²) >= 11 is 0. The Hall–Kier alpha value is -3.21. The number of hydrogen-bond donors (Lipinski definition) is 0. The van der Waals surface area contributed by atoms with Crippen LogP contribution >= 0.6 is 0 Å². The molecule has 0 N–H and O–H groups in total. The molecule has 0 unspecified atom stereocenters. The zero-order valence-electron chi connectivity index (χ0n) is 19.4. The SMILES string of the molecule is Cn1c(=O)c2c(nc3n2CCCN3CCCCN2CCN(c3ncccn3)CC2)n(C)c1=O. The summed E-state index contributed by atoms with van der Waals surface area (Å²) < 4.78 is 4.63. The van der Waals surface area contributed by atoms with Gasteiger partial charge in [-0.15, -0.1) is 0 Å². The van der Waals surface area contributed by atoms with E-state index in [1.807, 2.05) is 10.6 Å². The van der Waals surface area contributed by atoms with Gasteiger partial charge >= 0.3 is 5.69 Å². The van der Waals surface area contributed by atoms with Gasteiger partial charge in [0.15, 0.2) is 11.2 Å². The van der Waals surface area contributed by atoms with E-state index in [0.29, 0.717) is 11.2 Å². The van der Waals surface area contributed by atoms with E-state index in [1.165, 1.54) is 16.2 Å². The van der Waals surface area contributed by atoms with Gasteiger partial charge in [0.25, 0.3) is 5.56 Å². The molecule has 0 bridgehead atoms. The normalized spacial score (nSPS) is 17.0. The monoisotopic (exact) mass is 453 g/mol. The minimum absolute atomic E-state index is 0.270. The zero-order valence-corrected chi connectivity index (χ0v) is 19.4. The van der Waals surface area contributed by atoms with Crippen molar-refractivity contribution in [2.24, 2.45) is 14.1 Å². The lowest BCUT2D eigenvalue weighted by Gasteiger charge is -2.35. The van der Waals surface area contributed by atoms with Crippen LogP contribution in [0.4, 0.5) is 11.9 Å². The third kappa shape index (κ3) is 4.01. The molecule has 3 aromatic rings. The van der Waals surface area contributed by atoms with Crippen molar-refractivity contribution < 1.29 is 0 Å². The van der Waals surface area contributed by atoms with Crippen LogP contribution in [0.2, 0.25) is 0 Å². The van der Waals surface area contributed by atoms with Gasteiger partial charge in [-0.1, -0.05) is 0 Å². The second-order valence-corrected chi connectivity index (χ2v) is 8.87. The van der Waals surface area contributed by atoms with E-state index in [4.69, 9.17) is 4.98 Å². The van der Waals surface area contributed by atoms with E-state index in [9.17, 15) is 9.59 Å². The number of rotatable bonds is 6. The largest absolute Gasteiger partial charge is 0.342 e. The molecule has 0 saturated carbocycles. The Bertz CT molecular complexity index is 1240. The van der Waals surface area contributed by atoms with Crippen LogP contribution in [0, 0.1) is 0 Å². The Morgan fingerprint density at radius 1 is 0.879 bits per heavy atom. The molecular weight excluding hydrogens is 422 g/mol. The van der Waals surface area contributed by atoms with Crippen molar-refractivity contribution in [3.05, 3.63) is 39.3 Å². The molecule has 11 nitrogen and oxygen atoms in total. The number of hydrogen-bond acceptors (Lipinski definition) is 8. The molecule has 0 atom stereocenters. The Morgan fingerprint density at radius 3 is 2.36 bits per heavy atom. The first-order valence-electron chi connectivity index (χ1n) is 11.7. The maximum absolute atomic E-state index is 12.7. The van der Waals surface area contributed by atoms with Crippen molar-refractivity contribution in [2.75, 3.05) is 55.6 Å². The number of nitrogens with zero attached hydrogens (tertiary/aromatic N) is 9. The first kappa shape index (κ1) is 21.6. The molecule has 2 aliphatic heterocycles. The van der Waals surface area contributed by atoms with Crippen molar-refractivity contribution >= 4 is 23.1 Å². The fourth-order valence-corrected chi connectivity index (χ4v) is 4.88. The zero-order chi connectivity index (χ0) is 22.9. The third-order valence-corrected chi connectivity index (χ3v) is 6.78. The molecule has 0 spiro atoms. The topological polar surface area (TPSA) is 97.3 Å². The number of aryl methyl sites for hydroxylation is 2. The summed E-state index contributed by atoms with van der Waals surface area (Å²) in [5.41, 5.74) is 0.395. The van der Waals surface area contributed by atoms with Gasteiger partial charge in [0.2, 0.25) is 11.9 Å². The number of anilines is 2. The van der Waals surface area contributed by atoms with Gasteiger partial charge in [0, 0.05) is 72.3 Å². The number of fused-ring (bicyclic) bond motifs is 3. The summed E-state index contributed by atoms with van der Waals surface area (Å²) in [5.74, 6) is 1.63. The van der Waals surface area contributed by atoms with Crippen LogP contribution in [0.1, 0.15) is 19.3 Å². The molecule has 176 valence electrons. The van der Waals surface area contributed by atoms with E-state index < -0.39 is 0 Å². The molecule has 33 heavy (non-hydrogen) atoms. The Morgan fingerprint density at radius 2 is 1.61 bits per heavy atom. The van der Waals surface area contributed by atoms with Gasteiger partial charge in [-0.3, -0.25) is 18.8 Å². The molecule has 0 amide bonds. The summed E-state index contributed by atoms with van der Waals surface area (Å²) in [6, 6.07) is 1.85. The van der Waals surface area contributed by atoms with Crippen LogP contribution in [0.3, 0.4) is 0 Å². The molecule has 0 aliphatic carbocycles. The van der Waals surface area contributed by atoms with Crippen LogP contribution in [-0.4, -0.2) is 79.4 Å².